The number of hydrogen-bond acceptors (Lipinski definition) is 3. The van der Waals surface area contributed by atoms with Crippen molar-refractivity contribution < 1.29 is 4.92 Å². The number of rotatable bonds is 5. The first-order valence-corrected chi connectivity index (χ1v) is 5.93. The minimum Gasteiger partial charge on any atom is -0.317 e. The Kier molecular flexibility index (Phi) is 4.63. The first-order valence-electron chi connectivity index (χ1n) is 5.93. The standard InChI is InChI=1S/C13H20N2O2/c1-5-12(10(3)14-4)11-6-7-13(15(16)17)9(2)8-11/h6-8,10,12,14H,5H2,1-4H3. The van der Waals surface area contributed by atoms with Gasteiger partial charge in [-0.1, -0.05) is 13.0 Å². The number of nitro benzene ring substituents is 1. The number of likely N-dealkylation sites (N-methyl/N-ethyl adjacent to an activating group) is 1. The minimum atomic E-state index is -0.332. The Balaban J connectivity index is 3.07. The Hall–Kier alpha value is -1.42. The normalized spacial score (nSPS) is 14.4. The van der Waals surface area contributed by atoms with Crippen LogP contribution in [0.3, 0.4) is 0 Å². The predicted molar refractivity (Wildman–Crippen MR) is 69.4 cm³/mol. The maximum Gasteiger partial charge on any atom is 0.272 e. The summed E-state index contributed by atoms with van der Waals surface area (Å²) in [6.45, 7) is 6.05. The van der Waals surface area contributed by atoms with E-state index in [0.717, 1.165) is 17.5 Å². The summed E-state index contributed by atoms with van der Waals surface area (Å²) in [5.74, 6) is 0.388. The van der Waals surface area contributed by atoms with Gasteiger partial charge in [0.15, 0.2) is 0 Å². The summed E-state index contributed by atoms with van der Waals surface area (Å²) >= 11 is 0. The smallest absolute Gasteiger partial charge is 0.272 e. The lowest BCUT2D eigenvalue weighted by Gasteiger charge is -2.23. The van der Waals surface area contributed by atoms with Gasteiger partial charge in [-0.05, 0) is 44.9 Å². The number of nitro groups is 1. The van der Waals surface area contributed by atoms with E-state index in [0.29, 0.717) is 12.0 Å². The van der Waals surface area contributed by atoms with Crippen LogP contribution >= 0.6 is 0 Å². The van der Waals surface area contributed by atoms with E-state index in [1.165, 1.54) is 0 Å². The lowest BCUT2D eigenvalue weighted by atomic mass is 9.89. The van der Waals surface area contributed by atoms with Crippen LogP contribution in [0.4, 0.5) is 5.69 Å². The summed E-state index contributed by atoms with van der Waals surface area (Å²) in [6, 6.07) is 5.77. The van der Waals surface area contributed by atoms with Crippen LogP contribution < -0.4 is 5.32 Å². The number of aryl methyl sites for hydroxylation is 1. The Bertz CT molecular complexity index is 404. The van der Waals surface area contributed by atoms with E-state index in [4.69, 9.17) is 0 Å². The van der Waals surface area contributed by atoms with Gasteiger partial charge in [-0.3, -0.25) is 10.1 Å². The van der Waals surface area contributed by atoms with Gasteiger partial charge in [0.1, 0.15) is 0 Å². The molecule has 1 N–H and O–H groups in total. The van der Waals surface area contributed by atoms with E-state index in [2.05, 4.69) is 19.2 Å². The van der Waals surface area contributed by atoms with Crippen molar-refractivity contribution in [1.29, 1.82) is 0 Å². The van der Waals surface area contributed by atoms with Crippen LogP contribution in [0, 0.1) is 17.0 Å². The lowest BCUT2D eigenvalue weighted by Crippen LogP contribution is -2.28. The summed E-state index contributed by atoms with van der Waals surface area (Å²) < 4.78 is 0. The second kappa shape index (κ2) is 5.77. The van der Waals surface area contributed by atoms with Gasteiger partial charge in [-0.2, -0.15) is 0 Å². The van der Waals surface area contributed by atoms with Gasteiger partial charge < -0.3 is 5.32 Å². The van der Waals surface area contributed by atoms with E-state index >= 15 is 0 Å². The molecule has 1 aromatic rings. The van der Waals surface area contributed by atoms with Gasteiger partial charge in [0.25, 0.3) is 5.69 Å². The van der Waals surface area contributed by atoms with E-state index in [-0.39, 0.29) is 10.6 Å². The van der Waals surface area contributed by atoms with Crippen LogP contribution in [0.2, 0.25) is 0 Å². The highest BCUT2D eigenvalue weighted by Gasteiger charge is 2.18. The number of nitrogens with zero attached hydrogens (tertiary/aromatic N) is 1. The van der Waals surface area contributed by atoms with Crippen LogP contribution in [0.15, 0.2) is 18.2 Å². The van der Waals surface area contributed by atoms with Crippen LogP contribution in [-0.4, -0.2) is 18.0 Å². The molecule has 0 saturated carbocycles. The molecule has 0 aromatic heterocycles. The van der Waals surface area contributed by atoms with Gasteiger partial charge in [0, 0.05) is 17.7 Å². The molecule has 0 aliphatic heterocycles. The molecular weight excluding hydrogens is 216 g/mol. The lowest BCUT2D eigenvalue weighted by molar-refractivity contribution is -0.385. The largest absolute Gasteiger partial charge is 0.317 e. The Morgan fingerprint density at radius 2 is 2.12 bits per heavy atom. The third kappa shape index (κ3) is 3.03. The van der Waals surface area contributed by atoms with Crippen molar-refractivity contribution in [2.45, 2.75) is 39.2 Å². The molecule has 4 nitrogen and oxygen atoms in total. The van der Waals surface area contributed by atoms with Crippen molar-refractivity contribution in [1.82, 2.24) is 5.32 Å². The van der Waals surface area contributed by atoms with Gasteiger partial charge in [-0.25, -0.2) is 0 Å². The SMILES string of the molecule is CCC(c1ccc([N+](=O)[O-])c(C)c1)C(C)NC. The molecule has 2 atom stereocenters. The highest BCUT2D eigenvalue weighted by molar-refractivity contribution is 5.43. The highest BCUT2D eigenvalue weighted by Crippen LogP contribution is 2.27. The molecule has 0 saturated heterocycles. The molecule has 94 valence electrons. The molecule has 0 bridgehead atoms. The van der Waals surface area contributed by atoms with Gasteiger partial charge in [-0.15, -0.1) is 0 Å². The average Bonchev–Trinajstić information content (AvgIpc) is 2.29. The van der Waals surface area contributed by atoms with E-state index < -0.39 is 0 Å². The van der Waals surface area contributed by atoms with Crippen LogP contribution in [-0.2, 0) is 0 Å². The fourth-order valence-corrected chi connectivity index (χ4v) is 2.19. The monoisotopic (exact) mass is 236 g/mol. The molecule has 1 aromatic carbocycles. The summed E-state index contributed by atoms with van der Waals surface area (Å²) in [5.41, 5.74) is 2.09. The molecule has 0 aliphatic rings. The minimum absolute atomic E-state index is 0.195. The Morgan fingerprint density at radius 1 is 1.47 bits per heavy atom. The van der Waals surface area contributed by atoms with Crippen LogP contribution in [0.1, 0.15) is 37.3 Å². The summed E-state index contributed by atoms with van der Waals surface area (Å²) in [6.07, 6.45) is 1.01. The molecule has 0 aliphatic carbocycles. The molecule has 1 rings (SSSR count). The van der Waals surface area contributed by atoms with Gasteiger partial charge in [0.05, 0.1) is 4.92 Å². The molecular formula is C13H20N2O2. The molecule has 4 heteroatoms. The van der Waals surface area contributed by atoms with Crippen molar-refractivity contribution in [3.05, 3.63) is 39.4 Å². The van der Waals surface area contributed by atoms with Crippen molar-refractivity contribution in [2.24, 2.45) is 0 Å². The van der Waals surface area contributed by atoms with Crippen LogP contribution in [0.25, 0.3) is 0 Å². The average molecular weight is 236 g/mol. The van der Waals surface area contributed by atoms with Crippen molar-refractivity contribution in [2.75, 3.05) is 7.05 Å². The Labute approximate surface area is 102 Å². The Morgan fingerprint density at radius 3 is 2.53 bits per heavy atom. The zero-order chi connectivity index (χ0) is 13.0. The fourth-order valence-electron chi connectivity index (χ4n) is 2.19. The summed E-state index contributed by atoms with van der Waals surface area (Å²) in [4.78, 5) is 10.4. The fraction of sp³-hybridized carbons (Fsp3) is 0.538. The first-order chi connectivity index (χ1) is 8.01. The second-order valence-corrected chi connectivity index (χ2v) is 4.40. The zero-order valence-corrected chi connectivity index (χ0v) is 10.9. The van der Waals surface area contributed by atoms with Crippen LogP contribution in [0.5, 0.6) is 0 Å². The predicted octanol–water partition coefficient (Wildman–Crippen LogP) is 3.00. The third-order valence-electron chi connectivity index (χ3n) is 3.34. The third-order valence-corrected chi connectivity index (χ3v) is 3.34. The molecule has 2 unspecified atom stereocenters. The maximum absolute atomic E-state index is 10.8. The summed E-state index contributed by atoms with van der Waals surface area (Å²) in [5, 5.41) is 14.0. The number of nitrogens with one attached hydrogen (secondary N) is 1. The van der Waals surface area contributed by atoms with Crippen molar-refractivity contribution in [3.63, 3.8) is 0 Å². The van der Waals surface area contributed by atoms with E-state index in [9.17, 15) is 10.1 Å². The van der Waals surface area contributed by atoms with Gasteiger partial charge in [0.2, 0.25) is 0 Å². The quantitative estimate of drug-likeness (QED) is 0.631. The molecule has 0 radical (unpaired) electrons. The van der Waals surface area contributed by atoms with Crippen molar-refractivity contribution in [3.8, 4) is 0 Å². The zero-order valence-electron chi connectivity index (χ0n) is 10.9. The maximum atomic E-state index is 10.8. The summed E-state index contributed by atoms with van der Waals surface area (Å²) in [7, 11) is 1.94. The topological polar surface area (TPSA) is 55.2 Å². The highest BCUT2D eigenvalue weighted by atomic mass is 16.6. The second-order valence-electron chi connectivity index (χ2n) is 4.40. The van der Waals surface area contributed by atoms with Crippen molar-refractivity contribution >= 4 is 5.69 Å². The number of benzene rings is 1. The van der Waals surface area contributed by atoms with E-state index in [1.54, 1.807) is 13.0 Å². The molecule has 0 heterocycles. The first kappa shape index (κ1) is 13.6. The molecule has 17 heavy (non-hydrogen) atoms. The molecule has 0 amide bonds. The molecule has 0 spiro atoms. The molecule has 0 fully saturated rings. The van der Waals surface area contributed by atoms with Gasteiger partial charge >= 0.3 is 0 Å². The number of hydrogen-bond donors (Lipinski definition) is 1. The van der Waals surface area contributed by atoms with E-state index in [1.807, 2.05) is 19.2 Å².